The van der Waals surface area contributed by atoms with Crippen molar-refractivity contribution in [3.05, 3.63) is 59.3 Å². The Morgan fingerprint density at radius 1 is 1.22 bits per heavy atom. The molecule has 1 aromatic rings. The first kappa shape index (κ1) is 15.5. The summed E-state index contributed by atoms with van der Waals surface area (Å²) in [5.41, 5.74) is 3.57. The number of amidine groups is 1. The van der Waals surface area contributed by atoms with E-state index in [0.29, 0.717) is 6.42 Å². The molecule has 1 amide bonds. The van der Waals surface area contributed by atoms with Crippen LogP contribution in [0.5, 0.6) is 0 Å². The quantitative estimate of drug-likeness (QED) is 0.860. The highest BCUT2D eigenvalue weighted by Crippen LogP contribution is 2.35. The second kappa shape index (κ2) is 6.03. The van der Waals surface area contributed by atoms with Crippen molar-refractivity contribution in [3.63, 3.8) is 0 Å². The molecule has 3 rings (SSSR count). The van der Waals surface area contributed by atoms with Gasteiger partial charge in [0.05, 0.1) is 12.1 Å². The third-order valence-corrected chi connectivity index (χ3v) is 4.41. The molecule has 1 aromatic carbocycles. The van der Waals surface area contributed by atoms with Crippen molar-refractivity contribution in [2.75, 3.05) is 14.1 Å². The number of carbonyl (C=O) groups excluding carboxylic acids is 1. The third kappa shape index (κ3) is 3.07. The molecule has 0 N–H and O–H groups in total. The van der Waals surface area contributed by atoms with Gasteiger partial charge in [-0.05, 0) is 37.1 Å². The summed E-state index contributed by atoms with van der Waals surface area (Å²) in [4.78, 5) is 21.0. The Labute approximate surface area is 137 Å². The van der Waals surface area contributed by atoms with Crippen LogP contribution in [0.15, 0.2) is 53.2 Å². The van der Waals surface area contributed by atoms with Gasteiger partial charge in [0.15, 0.2) is 0 Å². The Kier molecular flexibility index (Phi) is 4.07. The molecule has 2 aliphatic rings. The lowest BCUT2D eigenvalue weighted by Crippen LogP contribution is -2.38. The van der Waals surface area contributed by atoms with Crippen molar-refractivity contribution >= 4 is 11.7 Å². The molecule has 2 atom stereocenters. The zero-order chi connectivity index (χ0) is 16.6. The predicted octanol–water partition coefficient (Wildman–Crippen LogP) is 3.07. The van der Waals surface area contributed by atoms with Crippen molar-refractivity contribution in [3.8, 4) is 0 Å². The zero-order valence-electron chi connectivity index (χ0n) is 14.2. The van der Waals surface area contributed by atoms with Crippen LogP contribution in [0, 0.1) is 6.92 Å². The van der Waals surface area contributed by atoms with Gasteiger partial charge in [0.25, 0.3) is 0 Å². The fourth-order valence-corrected chi connectivity index (χ4v) is 3.00. The number of hydrogen-bond donors (Lipinski definition) is 0. The number of aryl methyl sites for hydroxylation is 1. The molecule has 2 unspecified atom stereocenters. The Hall–Kier alpha value is -2.36. The molecule has 0 saturated carbocycles. The molecule has 0 saturated heterocycles. The minimum absolute atomic E-state index is 0.0127. The van der Waals surface area contributed by atoms with Crippen molar-refractivity contribution < 1.29 is 4.79 Å². The van der Waals surface area contributed by atoms with Gasteiger partial charge in [-0.15, -0.1) is 0 Å². The molecule has 0 aliphatic carbocycles. The van der Waals surface area contributed by atoms with Gasteiger partial charge in [0, 0.05) is 26.7 Å². The van der Waals surface area contributed by atoms with Crippen LogP contribution in [0.3, 0.4) is 0 Å². The van der Waals surface area contributed by atoms with Crippen LogP contribution in [0.4, 0.5) is 0 Å². The van der Waals surface area contributed by atoms with E-state index in [9.17, 15) is 4.79 Å². The molecule has 4 nitrogen and oxygen atoms in total. The molecule has 0 bridgehead atoms. The molecule has 0 fully saturated rings. The fraction of sp³-hybridized carbons (Fsp3) is 0.368. The van der Waals surface area contributed by atoms with E-state index in [0.717, 1.165) is 11.4 Å². The first-order valence-corrected chi connectivity index (χ1v) is 7.95. The van der Waals surface area contributed by atoms with Crippen molar-refractivity contribution in [2.45, 2.75) is 32.4 Å². The van der Waals surface area contributed by atoms with Gasteiger partial charge in [0.2, 0.25) is 5.91 Å². The highest BCUT2D eigenvalue weighted by molar-refractivity contribution is 5.98. The maximum Gasteiger partial charge on any atom is 0.224 e. The van der Waals surface area contributed by atoms with E-state index in [4.69, 9.17) is 4.99 Å². The van der Waals surface area contributed by atoms with Crippen LogP contribution < -0.4 is 0 Å². The fourth-order valence-electron chi connectivity index (χ4n) is 3.00. The molecule has 120 valence electrons. The standard InChI is InChI=1S/C19H23N3O/c1-13-5-7-15(8-6-13)19-16(12-18(23)21(3)4)22-10-9-14(2)11-17(22)20-19/h5-11,16,19H,12H2,1-4H3. The van der Waals surface area contributed by atoms with Gasteiger partial charge >= 0.3 is 0 Å². The second-order valence-electron chi connectivity index (χ2n) is 6.51. The summed E-state index contributed by atoms with van der Waals surface area (Å²) >= 11 is 0. The highest BCUT2D eigenvalue weighted by atomic mass is 16.2. The lowest BCUT2D eigenvalue weighted by atomic mass is 9.96. The Balaban J connectivity index is 1.95. The zero-order valence-corrected chi connectivity index (χ0v) is 14.2. The SMILES string of the molecule is CC1=CC2=NC(c3ccc(C)cc3)C(CC(=O)N(C)C)N2C=C1. The molecule has 0 spiro atoms. The minimum Gasteiger partial charge on any atom is -0.349 e. The van der Waals surface area contributed by atoms with Gasteiger partial charge in [-0.1, -0.05) is 29.8 Å². The van der Waals surface area contributed by atoms with Crippen LogP contribution in [0.2, 0.25) is 0 Å². The largest absolute Gasteiger partial charge is 0.349 e. The number of aliphatic imine (C=N–C) groups is 1. The number of nitrogens with zero attached hydrogens (tertiary/aromatic N) is 3. The highest BCUT2D eigenvalue weighted by Gasteiger charge is 2.37. The number of allylic oxidation sites excluding steroid dienone is 2. The molecular weight excluding hydrogens is 286 g/mol. The monoisotopic (exact) mass is 309 g/mol. The number of rotatable bonds is 3. The third-order valence-electron chi connectivity index (χ3n) is 4.41. The summed E-state index contributed by atoms with van der Waals surface area (Å²) in [5.74, 6) is 1.08. The average Bonchev–Trinajstić information content (AvgIpc) is 2.85. The first-order chi connectivity index (χ1) is 11.0. The molecule has 2 heterocycles. The van der Waals surface area contributed by atoms with Crippen LogP contribution in [0.25, 0.3) is 0 Å². The van der Waals surface area contributed by atoms with E-state index < -0.39 is 0 Å². The van der Waals surface area contributed by atoms with E-state index in [-0.39, 0.29) is 18.0 Å². The Morgan fingerprint density at radius 3 is 2.57 bits per heavy atom. The number of amides is 1. The number of carbonyl (C=O) groups is 1. The van der Waals surface area contributed by atoms with Gasteiger partial charge < -0.3 is 9.80 Å². The van der Waals surface area contributed by atoms with Gasteiger partial charge in [0.1, 0.15) is 5.84 Å². The second-order valence-corrected chi connectivity index (χ2v) is 6.51. The predicted molar refractivity (Wildman–Crippen MR) is 93.2 cm³/mol. The van der Waals surface area contributed by atoms with Crippen LogP contribution in [-0.4, -0.2) is 41.7 Å². The van der Waals surface area contributed by atoms with Gasteiger partial charge in [-0.3, -0.25) is 9.79 Å². The molecule has 4 heteroatoms. The maximum atomic E-state index is 12.3. The van der Waals surface area contributed by atoms with Crippen molar-refractivity contribution in [2.24, 2.45) is 4.99 Å². The molecule has 23 heavy (non-hydrogen) atoms. The summed E-state index contributed by atoms with van der Waals surface area (Å²) in [6.07, 6.45) is 6.66. The normalized spacial score (nSPS) is 22.5. The Morgan fingerprint density at radius 2 is 1.91 bits per heavy atom. The summed E-state index contributed by atoms with van der Waals surface area (Å²) in [6.45, 7) is 4.14. The van der Waals surface area contributed by atoms with Crippen LogP contribution in [0.1, 0.15) is 30.5 Å². The van der Waals surface area contributed by atoms with E-state index in [1.165, 1.54) is 11.1 Å². The number of fused-ring (bicyclic) bond motifs is 1. The van der Waals surface area contributed by atoms with E-state index in [2.05, 4.69) is 61.4 Å². The van der Waals surface area contributed by atoms with E-state index in [1.54, 1.807) is 19.0 Å². The molecular formula is C19H23N3O. The van der Waals surface area contributed by atoms with E-state index >= 15 is 0 Å². The molecule has 0 aromatic heterocycles. The number of benzene rings is 1. The van der Waals surface area contributed by atoms with Crippen LogP contribution >= 0.6 is 0 Å². The maximum absolute atomic E-state index is 12.3. The Bertz CT molecular complexity index is 698. The van der Waals surface area contributed by atoms with Crippen LogP contribution in [-0.2, 0) is 4.79 Å². The lowest BCUT2D eigenvalue weighted by Gasteiger charge is -2.29. The minimum atomic E-state index is -0.0127. The number of hydrogen-bond acceptors (Lipinski definition) is 3. The van der Waals surface area contributed by atoms with E-state index in [1.807, 2.05) is 0 Å². The molecule has 2 aliphatic heterocycles. The average molecular weight is 309 g/mol. The lowest BCUT2D eigenvalue weighted by molar-refractivity contribution is -0.129. The summed E-state index contributed by atoms with van der Waals surface area (Å²) in [6, 6.07) is 8.47. The summed E-state index contributed by atoms with van der Waals surface area (Å²) in [5, 5.41) is 0. The summed E-state index contributed by atoms with van der Waals surface area (Å²) < 4.78 is 0. The first-order valence-electron chi connectivity index (χ1n) is 7.95. The topological polar surface area (TPSA) is 35.9 Å². The smallest absolute Gasteiger partial charge is 0.224 e. The van der Waals surface area contributed by atoms with Gasteiger partial charge in [-0.2, -0.15) is 0 Å². The van der Waals surface area contributed by atoms with Crippen molar-refractivity contribution in [1.29, 1.82) is 0 Å². The molecule has 0 radical (unpaired) electrons. The van der Waals surface area contributed by atoms with Crippen molar-refractivity contribution in [1.82, 2.24) is 9.80 Å². The van der Waals surface area contributed by atoms with Gasteiger partial charge in [-0.25, -0.2) is 0 Å². The summed E-state index contributed by atoms with van der Waals surface area (Å²) in [7, 11) is 3.60.